The van der Waals surface area contributed by atoms with Gasteiger partial charge in [0.2, 0.25) is 5.91 Å². The first-order chi connectivity index (χ1) is 17.0. The topological polar surface area (TPSA) is 48.9 Å². The average molecular weight is 495 g/mol. The van der Waals surface area contributed by atoms with Gasteiger partial charge in [0, 0.05) is 75.3 Å². The van der Waals surface area contributed by atoms with Gasteiger partial charge < -0.3 is 9.64 Å². The lowest BCUT2D eigenvalue weighted by Gasteiger charge is -2.35. The van der Waals surface area contributed by atoms with E-state index in [1.807, 2.05) is 42.2 Å². The number of rotatable bonds is 6. The van der Waals surface area contributed by atoms with E-state index in [0.717, 1.165) is 54.7 Å². The standard InChI is InChI=1S/C27H31FN4O2S/c1-20-29-22(19-35-20)17-30-12-14-32(15-13-30)27(33)10-11-31-16-21-6-2-5-9-25(21)34-26(18-31)23-7-3-4-8-24(23)28/h2-9,19,26H,10-18H2,1H3. The zero-order valence-corrected chi connectivity index (χ0v) is 20.8. The normalized spacial score (nSPS) is 19.1. The fraction of sp³-hybridized carbons (Fsp3) is 0.407. The number of carbonyl (C=O) groups excluding carboxylic acids is 1. The summed E-state index contributed by atoms with van der Waals surface area (Å²) in [4.78, 5) is 24.1. The van der Waals surface area contributed by atoms with Crippen LogP contribution in [0.3, 0.4) is 0 Å². The molecule has 8 heteroatoms. The molecule has 0 bridgehead atoms. The number of hydrogen-bond acceptors (Lipinski definition) is 6. The largest absolute Gasteiger partial charge is 0.484 e. The van der Waals surface area contributed by atoms with Gasteiger partial charge in [-0.15, -0.1) is 11.3 Å². The number of halogens is 1. The molecule has 3 aromatic rings. The van der Waals surface area contributed by atoms with Gasteiger partial charge in [-0.2, -0.15) is 0 Å². The number of benzene rings is 2. The number of aryl methyl sites for hydroxylation is 1. The lowest BCUT2D eigenvalue weighted by Crippen LogP contribution is -2.48. The van der Waals surface area contributed by atoms with Crippen LogP contribution in [0.1, 0.15) is 34.4 Å². The highest BCUT2D eigenvalue weighted by atomic mass is 32.1. The smallest absolute Gasteiger partial charge is 0.223 e. The third-order valence-corrected chi connectivity index (χ3v) is 7.55. The van der Waals surface area contributed by atoms with E-state index in [1.165, 1.54) is 6.07 Å². The highest BCUT2D eigenvalue weighted by molar-refractivity contribution is 7.09. The van der Waals surface area contributed by atoms with Crippen molar-refractivity contribution in [2.75, 3.05) is 39.3 Å². The quantitative estimate of drug-likeness (QED) is 0.513. The number of thiazole rings is 1. The summed E-state index contributed by atoms with van der Waals surface area (Å²) < 4.78 is 20.8. The zero-order valence-electron chi connectivity index (χ0n) is 20.0. The van der Waals surface area contributed by atoms with Gasteiger partial charge in [0.25, 0.3) is 0 Å². The Labute approximate surface area is 209 Å². The third-order valence-electron chi connectivity index (χ3n) is 6.73. The monoisotopic (exact) mass is 494 g/mol. The number of hydrogen-bond donors (Lipinski definition) is 0. The Morgan fingerprint density at radius 3 is 2.63 bits per heavy atom. The zero-order chi connectivity index (χ0) is 24.2. The molecular weight excluding hydrogens is 463 g/mol. The first-order valence-corrected chi connectivity index (χ1v) is 13.1. The molecule has 2 aliphatic heterocycles. The van der Waals surface area contributed by atoms with Crippen LogP contribution in [0.2, 0.25) is 0 Å². The van der Waals surface area contributed by atoms with Crippen molar-refractivity contribution in [3.63, 3.8) is 0 Å². The van der Waals surface area contributed by atoms with Crippen LogP contribution in [0.4, 0.5) is 4.39 Å². The van der Waals surface area contributed by atoms with Gasteiger partial charge >= 0.3 is 0 Å². The highest BCUT2D eigenvalue weighted by Gasteiger charge is 2.27. The van der Waals surface area contributed by atoms with Gasteiger partial charge in [-0.1, -0.05) is 36.4 Å². The summed E-state index contributed by atoms with van der Waals surface area (Å²) in [6.07, 6.45) is 0.0186. The van der Waals surface area contributed by atoms with E-state index in [1.54, 1.807) is 23.5 Å². The molecule has 1 unspecified atom stereocenters. The van der Waals surface area contributed by atoms with Crippen LogP contribution in [0.25, 0.3) is 0 Å². The van der Waals surface area contributed by atoms with Crippen LogP contribution in [0.15, 0.2) is 53.9 Å². The number of nitrogens with zero attached hydrogens (tertiary/aromatic N) is 4. The molecule has 0 aliphatic carbocycles. The van der Waals surface area contributed by atoms with Crippen LogP contribution in [0.5, 0.6) is 5.75 Å². The van der Waals surface area contributed by atoms with Crippen LogP contribution < -0.4 is 4.74 Å². The molecule has 1 atom stereocenters. The van der Waals surface area contributed by atoms with E-state index in [-0.39, 0.29) is 11.7 Å². The second kappa shape index (κ2) is 10.8. The van der Waals surface area contributed by atoms with Crippen molar-refractivity contribution in [2.45, 2.75) is 32.5 Å². The summed E-state index contributed by atoms with van der Waals surface area (Å²) in [7, 11) is 0. The minimum atomic E-state index is -0.423. The van der Waals surface area contributed by atoms with Gasteiger partial charge in [-0.25, -0.2) is 9.37 Å². The van der Waals surface area contributed by atoms with Crippen molar-refractivity contribution in [2.24, 2.45) is 0 Å². The van der Waals surface area contributed by atoms with Crippen LogP contribution in [0, 0.1) is 12.7 Å². The van der Waals surface area contributed by atoms with Gasteiger partial charge in [0.05, 0.1) is 10.7 Å². The van der Waals surface area contributed by atoms with E-state index in [0.29, 0.717) is 31.6 Å². The molecule has 0 N–H and O–H groups in total. The molecule has 1 saturated heterocycles. The molecule has 3 heterocycles. The maximum atomic E-state index is 14.6. The number of ether oxygens (including phenoxy) is 1. The van der Waals surface area contributed by atoms with Crippen molar-refractivity contribution >= 4 is 17.2 Å². The Morgan fingerprint density at radius 1 is 1.09 bits per heavy atom. The number of fused-ring (bicyclic) bond motifs is 1. The third kappa shape index (κ3) is 5.89. The summed E-state index contributed by atoms with van der Waals surface area (Å²) >= 11 is 1.68. The van der Waals surface area contributed by atoms with Gasteiger partial charge in [-0.3, -0.25) is 14.6 Å². The van der Waals surface area contributed by atoms with Gasteiger partial charge in [0.15, 0.2) is 0 Å². The van der Waals surface area contributed by atoms with Crippen LogP contribution in [-0.2, 0) is 17.9 Å². The Balaban J connectivity index is 1.18. The van der Waals surface area contributed by atoms with Crippen LogP contribution >= 0.6 is 11.3 Å². The molecule has 1 fully saturated rings. The lowest BCUT2D eigenvalue weighted by molar-refractivity contribution is -0.133. The fourth-order valence-corrected chi connectivity index (χ4v) is 5.43. The molecule has 1 amide bonds. The molecule has 0 spiro atoms. The predicted octanol–water partition coefficient (Wildman–Crippen LogP) is 4.26. The average Bonchev–Trinajstić information content (AvgIpc) is 3.18. The minimum Gasteiger partial charge on any atom is -0.484 e. The summed E-state index contributed by atoms with van der Waals surface area (Å²) in [6, 6.07) is 14.7. The minimum absolute atomic E-state index is 0.176. The van der Waals surface area contributed by atoms with Crippen molar-refractivity contribution < 1.29 is 13.9 Å². The first kappa shape index (κ1) is 23.9. The summed E-state index contributed by atoms with van der Waals surface area (Å²) in [5.41, 5.74) is 2.72. The van der Waals surface area contributed by atoms with Crippen LogP contribution in [-0.4, -0.2) is 64.9 Å². The molecule has 184 valence electrons. The van der Waals surface area contributed by atoms with Crippen molar-refractivity contribution in [3.05, 3.63) is 81.6 Å². The lowest BCUT2D eigenvalue weighted by atomic mass is 10.1. The van der Waals surface area contributed by atoms with Crippen molar-refractivity contribution in [3.8, 4) is 5.75 Å². The van der Waals surface area contributed by atoms with E-state index in [4.69, 9.17) is 4.74 Å². The van der Waals surface area contributed by atoms with E-state index >= 15 is 0 Å². The number of carbonyl (C=O) groups is 1. The predicted molar refractivity (Wildman–Crippen MR) is 135 cm³/mol. The van der Waals surface area contributed by atoms with Gasteiger partial charge in [0.1, 0.15) is 17.7 Å². The number of piperazine rings is 1. The Kier molecular flexibility index (Phi) is 7.41. The summed E-state index contributed by atoms with van der Waals surface area (Å²) in [6.45, 7) is 7.90. The molecule has 35 heavy (non-hydrogen) atoms. The second-order valence-electron chi connectivity index (χ2n) is 9.24. The highest BCUT2D eigenvalue weighted by Crippen LogP contribution is 2.32. The number of amides is 1. The molecule has 5 rings (SSSR count). The Bertz CT molecular complexity index is 1160. The first-order valence-electron chi connectivity index (χ1n) is 12.2. The Morgan fingerprint density at radius 2 is 1.86 bits per heavy atom. The Hall–Kier alpha value is -2.81. The number of aromatic nitrogens is 1. The summed E-state index contributed by atoms with van der Waals surface area (Å²) in [5.74, 6) is 0.689. The molecule has 6 nitrogen and oxygen atoms in total. The molecular formula is C27H31FN4O2S. The van der Waals surface area contributed by atoms with E-state index in [9.17, 15) is 9.18 Å². The van der Waals surface area contributed by atoms with Crippen molar-refractivity contribution in [1.82, 2.24) is 19.7 Å². The molecule has 2 aliphatic rings. The van der Waals surface area contributed by atoms with Crippen molar-refractivity contribution in [1.29, 1.82) is 0 Å². The molecule has 2 aromatic carbocycles. The molecule has 0 radical (unpaired) electrons. The fourth-order valence-electron chi connectivity index (χ4n) is 4.83. The second-order valence-corrected chi connectivity index (χ2v) is 10.3. The summed E-state index contributed by atoms with van der Waals surface area (Å²) in [5, 5.41) is 3.21. The molecule has 1 aromatic heterocycles. The van der Waals surface area contributed by atoms with E-state index < -0.39 is 6.10 Å². The maximum absolute atomic E-state index is 14.6. The number of para-hydroxylation sites is 1. The maximum Gasteiger partial charge on any atom is 0.223 e. The van der Waals surface area contributed by atoms with Gasteiger partial charge in [-0.05, 0) is 19.1 Å². The SMILES string of the molecule is Cc1nc(CN2CCN(C(=O)CCN3Cc4ccccc4OC(c4ccccc4F)C3)CC2)cs1. The van der Waals surface area contributed by atoms with E-state index in [2.05, 4.69) is 20.2 Å². The molecule has 0 saturated carbocycles.